The van der Waals surface area contributed by atoms with Gasteiger partial charge in [0.1, 0.15) is 5.75 Å². The van der Waals surface area contributed by atoms with Crippen molar-refractivity contribution in [3.05, 3.63) is 23.8 Å². The van der Waals surface area contributed by atoms with Crippen LogP contribution in [-0.4, -0.2) is 23.1 Å². The van der Waals surface area contributed by atoms with Gasteiger partial charge in [-0.15, -0.1) is 0 Å². The predicted molar refractivity (Wildman–Crippen MR) is 51.7 cm³/mol. The van der Waals surface area contributed by atoms with Crippen molar-refractivity contribution in [2.75, 3.05) is 5.32 Å². The van der Waals surface area contributed by atoms with Crippen LogP contribution in [0, 0.1) is 0 Å². The van der Waals surface area contributed by atoms with E-state index in [0.717, 1.165) is 0 Å². The highest BCUT2D eigenvalue weighted by Gasteiger charge is 2.27. The first kappa shape index (κ1) is 9.67. The highest BCUT2D eigenvalue weighted by molar-refractivity contribution is 6.07. The summed E-state index contributed by atoms with van der Waals surface area (Å²) in [6.07, 6.45) is -1.51. The van der Waals surface area contributed by atoms with Gasteiger partial charge in [-0.05, 0) is 19.1 Å². The van der Waals surface area contributed by atoms with Crippen LogP contribution in [0.3, 0.4) is 0 Å². The number of Topliss-reactive ketones (excluding diaryl/α,β-unsaturated/α-hetero) is 1. The fraction of sp³-hybridized carbons (Fsp3) is 0.200. The largest absolute Gasteiger partial charge is 0.453 e. The van der Waals surface area contributed by atoms with Gasteiger partial charge in [0, 0.05) is 5.56 Å². The van der Waals surface area contributed by atoms with Crippen molar-refractivity contribution in [1.29, 1.82) is 0 Å². The number of carbonyl (C=O) groups excluding carboxylic acids is 2. The molecule has 0 saturated heterocycles. The lowest BCUT2D eigenvalue weighted by molar-refractivity contribution is -0.139. The van der Waals surface area contributed by atoms with Crippen LogP contribution in [0.2, 0.25) is 0 Å². The molecule has 0 aliphatic carbocycles. The van der Waals surface area contributed by atoms with E-state index in [-0.39, 0.29) is 5.78 Å². The first-order valence-electron chi connectivity index (χ1n) is 4.39. The lowest BCUT2D eigenvalue weighted by Gasteiger charge is -2.23. The SMILES string of the molecule is CC(=O)c1cccc2c1NC(=O)[C@@H](O)O2. The van der Waals surface area contributed by atoms with Gasteiger partial charge in [-0.25, -0.2) is 0 Å². The third kappa shape index (κ3) is 1.57. The smallest absolute Gasteiger partial charge is 0.293 e. The molecule has 0 fully saturated rings. The van der Waals surface area contributed by atoms with Crippen LogP contribution in [0.15, 0.2) is 18.2 Å². The average molecular weight is 207 g/mol. The Morgan fingerprint density at radius 1 is 1.53 bits per heavy atom. The van der Waals surface area contributed by atoms with Crippen LogP contribution in [0.25, 0.3) is 0 Å². The first-order chi connectivity index (χ1) is 7.09. The Balaban J connectivity index is 2.52. The molecule has 1 atom stereocenters. The molecule has 1 heterocycles. The van der Waals surface area contributed by atoms with Crippen molar-refractivity contribution in [2.24, 2.45) is 0 Å². The van der Waals surface area contributed by atoms with Crippen molar-refractivity contribution in [3.8, 4) is 5.75 Å². The Kier molecular flexibility index (Phi) is 2.17. The summed E-state index contributed by atoms with van der Waals surface area (Å²) in [5.41, 5.74) is 0.688. The normalized spacial score (nSPS) is 18.8. The molecule has 0 unspecified atom stereocenters. The van der Waals surface area contributed by atoms with Crippen molar-refractivity contribution < 1.29 is 19.4 Å². The molecule has 0 spiro atoms. The monoisotopic (exact) mass is 207 g/mol. The summed E-state index contributed by atoms with van der Waals surface area (Å²) in [4.78, 5) is 22.4. The molecule has 2 N–H and O–H groups in total. The fourth-order valence-electron chi connectivity index (χ4n) is 1.41. The number of anilines is 1. The second kappa shape index (κ2) is 3.36. The Bertz CT molecular complexity index is 441. The van der Waals surface area contributed by atoms with Gasteiger partial charge in [-0.3, -0.25) is 9.59 Å². The maximum Gasteiger partial charge on any atom is 0.293 e. The lowest BCUT2D eigenvalue weighted by atomic mass is 10.1. The number of para-hydroxylation sites is 1. The number of aliphatic hydroxyl groups is 1. The van der Waals surface area contributed by atoms with Crippen LogP contribution in [0.4, 0.5) is 5.69 Å². The molecule has 1 amide bonds. The zero-order chi connectivity index (χ0) is 11.0. The third-order valence-electron chi connectivity index (χ3n) is 2.12. The van der Waals surface area contributed by atoms with Gasteiger partial charge in [0.2, 0.25) is 0 Å². The average Bonchev–Trinajstić information content (AvgIpc) is 2.18. The third-order valence-corrected chi connectivity index (χ3v) is 2.12. The van der Waals surface area contributed by atoms with Crippen molar-refractivity contribution in [3.63, 3.8) is 0 Å². The van der Waals surface area contributed by atoms with Gasteiger partial charge in [0.25, 0.3) is 12.2 Å². The minimum absolute atomic E-state index is 0.174. The first-order valence-corrected chi connectivity index (χ1v) is 4.39. The minimum Gasteiger partial charge on any atom is -0.453 e. The summed E-state index contributed by atoms with van der Waals surface area (Å²) in [5.74, 6) is -0.543. The van der Waals surface area contributed by atoms with E-state index in [9.17, 15) is 9.59 Å². The van der Waals surface area contributed by atoms with Crippen molar-refractivity contribution in [2.45, 2.75) is 13.2 Å². The topological polar surface area (TPSA) is 75.6 Å². The quantitative estimate of drug-likeness (QED) is 0.659. The molecule has 78 valence electrons. The Labute approximate surface area is 85.7 Å². The number of fused-ring (bicyclic) bond motifs is 1. The van der Waals surface area contributed by atoms with E-state index >= 15 is 0 Å². The van der Waals surface area contributed by atoms with E-state index in [1.165, 1.54) is 6.92 Å². The highest BCUT2D eigenvalue weighted by Crippen LogP contribution is 2.32. The van der Waals surface area contributed by atoms with Crippen LogP contribution >= 0.6 is 0 Å². The minimum atomic E-state index is -1.51. The molecule has 0 bridgehead atoms. The van der Waals surface area contributed by atoms with Gasteiger partial charge < -0.3 is 15.2 Å². The number of aliphatic hydroxyl groups excluding tert-OH is 1. The van der Waals surface area contributed by atoms with E-state index in [1.807, 2.05) is 0 Å². The Hall–Kier alpha value is -1.88. The number of benzene rings is 1. The summed E-state index contributed by atoms with van der Waals surface area (Å²) in [7, 11) is 0. The molecule has 2 rings (SSSR count). The summed E-state index contributed by atoms with van der Waals surface area (Å²) >= 11 is 0. The van der Waals surface area contributed by atoms with E-state index < -0.39 is 12.2 Å². The molecule has 15 heavy (non-hydrogen) atoms. The van der Waals surface area contributed by atoms with Crippen LogP contribution < -0.4 is 10.1 Å². The highest BCUT2D eigenvalue weighted by atomic mass is 16.6. The molecule has 0 radical (unpaired) electrons. The molecular formula is C10H9NO4. The number of nitrogens with one attached hydrogen (secondary N) is 1. The maximum absolute atomic E-state index is 11.2. The molecule has 1 aliphatic rings. The van der Waals surface area contributed by atoms with Gasteiger partial charge >= 0.3 is 0 Å². The van der Waals surface area contributed by atoms with Crippen LogP contribution in [0.5, 0.6) is 5.75 Å². The number of ketones is 1. The predicted octanol–water partition coefficient (Wildman–Crippen LogP) is 0.538. The molecule has 5 nitrogen and oxygen atoms in total. The van der Waals surface area contributed by atoms with E-state index in [2.05, 4.69) is 5.32 Å². The number of rotatable bonds is 1. The molecular weight excluding hydrogens is 198 g/mol. The number of amides is 1. The van der Waals surface area contributed by atoms with Crippen molar-refractivity contribution >= 4 is 17.4 Å². The molecule has 5 heteroatoms. The number of ether oxygens (including phenoxy) is 1. The zero-order valence-corrected chi connectivity index (χ0v) is 7.98. The number of hydrogen-bond acceptors (Lipinski definition) is 4. The second-order valence-corrected chi connectivity index (χ2v) is 3.19. The van der Waals surface area contributed by atoms with Crippen molar-refractivity contribution in [1.82, 2.24) is 0 Å². The summed E-state index contributed by atoms with van der Waals surface area (Å²) < 4.78 is 4.93. The Morgan fingerprint density at radius 3 is 2.93 bits per heavy atom. The molecule has 1 aliphatic heterocycles. The van der Waals surface area contributed by atoms with Crippen LogP contribution in [-0.2, 0) is 4.79 Å². The molecule has 0 saturated carbocycles. The Morgan fingerprint density at radius 2 is 2.27 bits per heavy atom. The summed E-state index contributed by atoms with van der Waals surface area (Å²) in [6, 6.07) is 4.78. The molecule has 1 aromatic rings. The van der Waals surface area contributed by atoms with Crippen LogP contribution in [0.1, 0.15) is 17.3 Å². The lowest BCUT2D eigenvalue weighted by Crippen LogP contribution is -2.37. The summed E-state index contributed by atoms with van der Waals surface area (Å²) in [5, 5.41) is 11.6. The second-order valence-electron chi connectivity index (χ2n) is 3.19. The fourth-order valence-corrected chi connectivity index (χ4v) is 1.41. The standard InChI is InChI=1S/C10H9NO4/c1-5(12)6-3-2-4-7-8(6)11-9(13)10(14)15-7/h2-4,10,14H,1H3,(H,11,13)/t10-/m0/s1. The van der Waals surface area contributed by atoms with E-state index in [0.29, 0.717) is 17.0 Å². The maximum atomic E-state index is 11.2. The summed E-state index contributed by atoms with van der Waals surface area (Å²) in [6.45, 7) is 1.40. The van der Waals surface area contributed by atoms with Gasteiger partial charge in [0.05, 0.1) is 5.69 Å². The van der Waals surface area contributed by atoms with Gasteiger partial charge in [-0.1, -0.05) is 6.07 Å². The van der Waals surface area contributed by atoms with E-state index in [1.54, 1.807) is 18.2 Å². The molecule has 1 aromatic carbocycles. The van der Waals surface area contributed by atoms with Gasteiger partial charge in [0.15, 0.2) is 5.78 Å². The molecule has 0 aromatic heterocycles. The number of carbonyl (C=O) groups is 2. The van der Waals surface area contributed by atoms with Gasteiger partial charge in [-0.2, -0.15) is 0 Å². The van der Waals surface area contributed by atoms with E-state index in [4.69, 9.17) is 9.84 Å². The zero-order valence-electron chi connectivity index (χ0n) is 7.98. The number of hydrogen-bond donors (Lipinski definition) is 2.